The molecule has 0 bridgehead atoms. The minimum Gasteiger partial charge on any atom is -0.496 e. The number of carbonyl (C=O) groups excluding carboxylic acids is 1. The van der Waals surface area contributed by atoms with Crippen molar-refractivity contribution < 1.29 is 19.0 Å². The lowest BCUT2D eigenvalue weighted by molar-refractivity contribution is -0.134. The highest BCUT2D eigenvalue weighted by atomic mass is 35.5. The lowest BCUT2D eigenvalue weighted by Gasteiger charge is -2.37. The van der Waals surface area contributed by atoms with Crippen molar-refractivity contribution in [3.05, 3.63) is 18.2 Å². The van der Waals surface area contributed by atoms with Gasteiger partial charge in [-0.25, -0.2) is 0 Å². The van der Waals surface area contributed by atoms with Crippen LogP contribution in [0.1, 0.15) is 25.7 Å². The second-order valence-electron chi connectivity index (χ2n) is 6.88. The van der Waals surface area contributed by atoms with Crippen LogP contribution >= 0.6 is 12.4 Å². The molecule has 0 unspecified atom stereocenters. The summed E-state index contributed by atoms with van der Waals surface area (Å²) in [5.74, 6) is 2.68. The first-order valence-corrected chi connectivity index (χ1v) is 9.03. The zero-order valence-electron chi connectivity index (χ0n) is 15.5. The van der Waals surface area contributed by atoms with Gasteiger partial charge in [0, 0.05) is 24.7 Å². The molecule has 1 heterocycles. The Morgan fingerprint density at radius 3 is 2.58 bits per heavy atom. The smallest absolute Gasteiger partial charge is 0.227 e. The van der Waals surface area contributed by atoms with E-state index in [2.05, 4.69) is 10.6 Å². The van der Waals surface area contributed by atoms with E-state index in [1.807, 2.05) is 0 Å². The van der Waals surface area contributed by atoms with E-state index in [-0.39, 0.29) is 23.7 Å². The van der Waals surface area contributed by atoms with E-state index in [1.165, 1.54) is 6.42 Å². The summed E-state index contributed by atoms with van der Waals surface area (Å²) in [7, 11) is 3.21. The van der Waals surface area contributed by atoms with E-state index in [4.69, 9.17) is 14.2 Å². The molecule has 2 N–H and O–H groups in total. The summed E-state index contributed by atoms with van der Waals surface area (Å²) in [6.07, 6.45) is 4.53. The Hall–Kier alpha value is -1.66. The Balaban J connectivity index is 0.00000243. The van der Waals surface area contributed by atoms with Crippen LogP contribution in [0.4, 0.5) is 0 Å². The number of hydrogen-bond donors (Lipinski definition) is 2. The van der Waals surface area contributed by atoms with Gasteiger partial charge in [0.25, 0.3) is 0 Å². The van der Waals surface area contributed by atoms with Crippen LogP contribution in [0.25, 0.3) is 0 Å². The van der Waals surface area contributed by atoms with E-state index in [0.29, 0.717) is 36.3 Å². The maximum Gasteiger partial charge on any atom is 0.227 e. The number of carbonyl (C=O) groups is 1. The van der Waals surface area contributed by atoms with Gasteiger partial charge in [0.1, 0.15) is 23.9 Å². The van der Waals surface area contributed by atoms with Crippen LogP contribution in [0.2, 0.25) is 0 Å². The van der Waals surface area contributed by atoms with Crippen molar-refractivity contribution in [2.24, 2.45) is 11.3 Å². The molecule has 3 rings (SSSR count). The van der Waals surface area contributed by atoms with Gasteiger partial charge in [0.2, 0.25) is 5.91 Å². The van der Waals surface area contributed by atoms with Crippen LogP contribution < -0.4 is 24.8 Å². The molecule has 0 aromatic heterocycles. The van der Waals surface area contributed by atoms with Crippen molar-refractivity contribution in [2.75, 3.05) is 40.5 Å². The molecule has 7 heteroatoms. The molecule has 1 aliphatic heterocycles. The van der Waals surface area contributed by atoms with Gasteiger partial charge in [-0.1, -0.05) is 12.8 Å². The maximum absolute atomic E-state index is 12.8. The number of benzene rings is 1. The number of ether oxygens (including phenoxy) is 3. The molecule has 0 radical (unpaired) electrons. The molecule has 1 aromatic rings. The van der Waals surface area contributed by atoms with E-state index in [1.54, 1.807) is 32.4 Å². The maximum atomic E-state index is 12.8. The molecule has 1 saturated heterocycles. The Labute approximate surface area is 161 Å². The summed E-state index contributed by atoms with van der Waals surface area (Å²) in [6, 6.07) is 5.41. The molecule has 2 atom stereocenters. The third kappa shape index (κ3) is 4.35. The third-order valence-electron chi connectivity index (χ3n) is 5.47. The number of amides is 1. The topological polar surface area (TPSA) is 68.8 Å². The quantitative estimate of drug-likeness (QED) is 0.706. The standard InChI is InChI=1S/C19H28N2O4.ClH/c1-23-15-9-16(24-2)11-17(10-15)25-8-7-21-18(22)19-6-4-3-5-14(19)12-20-13-19;/h9-11,14,20H,3-8,12-13H2,1-2H3,(H,21,22);1H/t14-,19+;/m0./s1. The van der Waals surface area contributed by atoms with Crippen molar-refractivity contribution in [3.8, 4) is 17.2 Å². The van der Waals surface area contributed by atoms with E-state index in [0.717, 1.165) is 32.4 Å². The van der Waals surface area contributed by atoms with Crippen molar-refractivity contribution in [3.63, 3.8) is 0 Å². The van der Waals surface area contributed by atoms with Gasteiger partial charge in [0.15, 0.2) is 0 Å². The number of nitrogens with one attached hydrogen (secondary N) is 2. The third-order valence-corrected chi connectivity index (χ3v) is 5.47. The normalized spacial score (nSPS) is 24.2. The predicted molar refractivity (Wildman–Crippen MR) is 103 cm³/mol. The van der Waals surface area contributed by atoms with Gasteiger partial charge in [0.05, 0.1) is 26.2 Å². The molecule has 1 saturated carbocycles. The zero-order valence-corrected chi connectivity index (χ0v) is 16.3. The second kappa shape index (κ2) is 9.33. The van der Waals surface area contributed by atoms with Crippen molar-refractivity contribution in [2.45, 2.75) is 25.7 Å². The summed E-state index contributed by atoms with van der Waals surface area (Å²) < 4.78 is 16.2. The van der Waals surface area contributed by atoms with E-state index >= 15 is 0 Å². The fraction of sp³-hybridized carbons (Fsp3) is 0.632. The predicted octanol–water partition coefficient (Wildman–Crippen LogP) is 2.40. The lowest BCUT2D eigenvalue weighted by Crippen LogP contribution is -2.48. The van der Waals surface area contributed by atoms with Crippen LogP contribution in [0.5, 0.6) is 17.2 Å². The van der Waals surface area contributed by atoms with Crippen molar-refractivity contribution in [1.82, 2.24) is 10.6 Å². The Morgan fingerprint density at radius 1 is 1.19 bits per heavy atom. The molecule has 26 heavy (non-hydrogen) atoms. The van der Waals surface area contributed by atoms with Crippen LogP contribution in [-0.2, 0) is 4.79 Å². The summed E-state index contributed by atoms with van der Waals surface area (Å²) in [4.78, 5) is 12.8. The molecule has 1 aromatic carbocycles. The molecular formula is C19H29ClN2O4. The van der Waals surface area contributed by atoms with Crippen LogP contribution in [0.15, 0.2) is 18.2 Å². The first kappa shape index (κ1) is 20.6. The van der Waals surface area contributed by atoms with Crippen LogP contribution in [0, 0.1) is 11.3 Å². The zero-order chi connectivity index (χ0) is 17.7. The number of rotatable bonds is 7. The van der Waals surface area contributed by atoms with Crippen molar-refractivity contribution >= 4 is 18.3 Å². The molecule has 1 amide bonds. The number of fused-ring (bicyclic) bond motifs is 1. The molecule has 2 fully saturated rings. The highest BCUT2D eigenvalue weighted by Gasteiger charge is 2.49. The minimum absolute atomic E-state index is 0. The van der Waals surface area contributed by atoms with E-state index < -0.39 is 0 Å². The van der Waals surface area contributed by atoms with Gasteiger partial charge < -0.3 is 24.8 Å². The van der Waals surface area contributed by atoms with Crippen LogP contribution in [0.3, 0.4) is 0 Å². The average Bonchev–Trinajstić information content (AvgIpc) is 3.10. The lowest BCUT2D eigenvalue weighted by atomic mass is 9.67. The second-order valence-corrected chi connectivity index (χ2v) is 6.88. The summed E-state index contributed by atoms with van der Waals surface area (Å²) >= 11 is 0. The minimum atomic E-state index is -0.211. The Bertz CT molecular complexity index is 591. The number of halogens is 1. The monoisotopic (exact) mass is 384 g/mol. The molecular weight excluding hydrogens is 356 g/mol. The summed E-state index contributed by atoms with van der Waals surface area (Å²) in [6.45, 7) is 2.67. The molecule has 2 aliphatic rings. The first-order chi connectivity index (χ1) is 12.2. The highest BCUT2D eigenvalue weighted by molar-refractivity contribution is 5.85. The number of hydrogen-bond acceptors (Lipinski definition) is 5. The highest BCUT2D eigenvalue weighted by Crippen LogP contribution is 2.43. The summed E-state index contributed by atoms with van der Waals surface area (Å²) in [5.41, 5.74) is -0.211. The van der Waals surface area contributed by atoms with Gasteiger partial charge in [-0.2, -0.15) is 0 Å². The van der Waals surface area contributed by atoms with Gasteiger partial charge >= 0.3 is 0 Å². The van der Waals surface area contributed by atoms with Gasteiger partial charge in [-0.15, -0.1) is 12.4 Å². The first-order valence-electron chi connectivity index (χ1n) is 9.03. The fourth-order valence-corrected chi connectivity index (χ4v) is 4.06. The Morgan fingerprint density at radius 2 is 1.88 bits per heavy atom. The fourth-order valence-electron chi connectivity index (χ4n) is 4.06. The average molecular weight is 385 g/mol. The molecule has 146 valence electrons. The van der Waals surface area contributed by atoms with Crippen LogP contribution in [-0.4, -0.2) is 46.4 Å². The Kier molecular flexibility index (Phi) is 7.41. The van der Waals surface area contributed by atoms with Gasteiger partial charge in [-0.3, -0.25) is 4.79 Å². The van der Waals surface area contributed by atoms with E-state index in [9.17, 15) is 4.79 Å². The largest absolute Gasteiger partial charge is 0.496 e. The summed E-state index contributed by atoms with van der Waals surface area (Å²) in [5, 5.41) is 6.48. The van der Waals surface area contributed by atoms with Gasteiger partial charge in [-0.05, 0) is 25.3 Å². The molecule has 0 spiro atoms. The van der Waals surface area contributed by atoms with Crippen molar-refractivity contribution in [1.29, 1.82) is 0 Å². The SMILES string of the molecule is COc1cc(OC)cc(OCCNC(=O)[C@@]23CCCC[C@H]2CNC3)c1.Cl. The molecule has 1 aliphatic carbocycles. The number of methoxy groups -OCH3 is 2. The molecule has 6 nitrogen and oxygen atoms in total.